The molecule has 47 heavy (non-hydrogen) atoms. The fraction of sp³-hybridized carbons (Fsp3) is 0.122. The Kier molecular flexibility index (Phi) is 9.23. The number of rotatable bonds is 11. The summed E-state index contributed by atoms with van der Waals surface area (Å²) in [4.78, 5) is 4.37. The number of pyridine rings is 1. The van der Waals surface area contributed by atoms with E-state index in [1.54, 1.807) is 18.3 Å². The molecule has 234 valence electrons. The highest BCUT2D eigenvalue weighted by molar-refractivity contribution is 6.14. The first-order valence-corrected chi connectivity index (χ1v) is 15.7. The molecule has 0 aliphatic heterocycles. The smallest absolute Gasteiger partial charge is 0.123 e. The summed E-state index contributed by atoms with van der Waals surface area (Å²) in [6.07, 6.45) is 1.73. The molecule has 1 atom stereocenters. The van der Waals surface area contributed by atoms with E-state index >= 15 is 0 Å². The maximum atomic E-state index is 13.6. The maximum absolute atomic E-state index is 13.6. The quantitative estimate of drug-likeness (QED) is 0.0663. The predicted molar refractivity (Wildman–Crippen MR) is 190 cm³/mol. The third kappa shape index (κ3) is 6.69. The van der Waals surface area contributed by atoms with Crippen molar-refractivity contribution in [2.45, 2.75) is 32.0 Å². The van der Waals surface area contributed by atoms with Crippen LogP contribution in [-0.4, -0.2) is 10.7 Å². The number of hydrogen-bond donors (Lipinski definition) is 4. The number of hydrogen-bond acceptors (Lipinski definition) is 5. The Balaban J connectivity index is 1.50. The maximum Gasteiger partial charge on any atom is 0.123 e. The second kappa shape index (κ2) is 13.8. The Morgan fingerprint density at radius 3 is 1.87 bits per heavy atom. The number of nitrogens with zero attached hydrogens (tertiary/aromatic N) is 1. The Morgan fingerprint density at radius 1 is 0.787 bits per heavy atom. The number of aryl methyl sites for hydroxylation is 1. The van der Waals surface area contributed by atoms with E-state index in [2.05, 4.69) is 52.0 Å². The van der Waals surface area contributed by atoms with E-state index in [0.29, 0.717) is 23.5 Å². The molecule has 1 unspecified atom stereocenters. The molecule has 0 aliphatic rings. The van der Waals surface area contributed by atoms with Crippen molar-refractivity contribution in [2.75, 3.05) is 11.1 Å². The third-order valence-corrected chi connectivity index (χ3v) is 8.65. The molecule has 0 saturated carbocycles. The summed E-state index contributed by atoms with van der Waals surface area (Å²) in [6, 6.07) is 45.3. The topological polar surface area (TPSA) is 86.8 Å². The van der Waals surface area contributed by atoms with Crippen molar-refractivity contribution in [2.24, 2.45) is 0 Å². The van der Waals surface area contributed by atoms with Gasteiger partial charge in [0, 0.05) is 47.0 Å². The number of aromatic nitrogens is 1. The fourth-order valence-corrected chi connectivity index (χ4v) is 6.10. The van der Waals surface area contributed by atoms with Gasteiger partial charge in [0.1, 0.15) is 11.4 Å². The molecule has 0 fully saturated rings. The summed E-state index contributed by atoms with van der Waals surface area (Å²) in [7, 11) is 0. The zero-order chi connectivity index (χ0) is 32.8. The van der Waals surface area contributed by atoms with Crippen LogP contribution in [-0.2, 0) is 12.1 Å². The minimum Gasteiger partial charge on any atom is -0.398 e. The first kappa shape index (κ1) is 31.4. The predicted octanol–water partition coefficient (Wildman–Crippen LogP) is 8.78. The van der Waals surface area contributed by atoms with Crippen molar-refractivity contribution in [1.29, 1.82) is 5.41 Å². The molecule has 6 aromatic rings. The van der Waals surface area contributed by atoms with Crippen molar-refractivity contribution in [3.8, 4) is 0 Å². The highest BCUT2D eigenvalue weighted by Crippen LogP contribution is 2.42. The molecule has 0 saturated heterocycles. The van der Waals surface area contributed by atoms with Crippen LogP contribution in [0.5, 0.6) is 0 Å². The number of nitrogen functional groups attached to an aromatic ring is 1. The number of nitrogens with one attached hydrogen (secondary N) is 3. The Bertz CT molecular complexity index is 1860. The molecule has 5 N–H and O–H groups in total. The highest BCUT2D eigenvalue weighted by Gasteiger charge is 2.37. The van der Waals surface area contributed by atoms with Crippen molar-refractivity contribution >= 4 is 17.1 Å². The summed E-state index contributed by atoms with van der Waals surface area (Å²) in [5.74, 6) is -0.264. The average molecular weight is 620 g/mol. The number of benzene rings is 5. The molecule has 0 amide bonds. The summed E-state index contributed by atoms with van der Waals surface area (Å²) in [5.41, 5.74) is 15.0. The van der Waals surface area contributed by atoms with Gasteiger partial charge in [-0.25, -0.2) is 4.39 Å². The van der Waals surface area contributed by atoms with Crippen LogP contribution in [0, 0.1) is 18.2 Å². The van der Waals surface area contributed by atoms with Gasteiger partial charge in [-0.1, -0.05) is 103 Å². The average Bonchev–Trinajstić information content (AvgIpc) is 3.11. The minimum absolute atomic E-state index is 0.0413. The van der Waals surface area contributed by atoms with Gasteiger partial charge in [-0.15, -0.1) is 0 Å². The van der Waals surface area contributed by atoms with Crippen LogP contribution in [0.15, 0.2) is 146 Å². The Hall–Kier alpha value is -5.59. The van der Waals surface area contributed by atoms with E-state index in [-0.39, 0.29) is 11.9 Å². The monoisotopic (exact) mass is 619 g/mol. The minimum atomic E-state index is -0.809. The van der Waals surface area contributed by atoms with Crippen LogP contribution < -0.4 is 16.4 Å². The third-order valence-electron chi connectivity index (χ3n) is 8.65. The zero-order valence-electron chi connectivity index (χ0n) is 26.5. The Labute approximate surface area is 275 Å². The Morgan fingerprint density at radius 2 is 1.34 bits per heavy atom. The lowest BCUT2D eigenvalue weighted by molar-refractivity contribution is 0.571. The number of nitrogens with two attached hydrogens (primary N) is 1. The van der Waals surface area contributed by atoms with Gasteiger partial charge < -0.3 is 16.4 Å². The number of anilines is 2. The van der Waals surface area contributed by atoms with Gasteiger partial charge in [0.25, 0.3) is 0 Å². The van der Waals surface area contributed by atoms with Crippen LogP contribution in [0.4, 0.5) is 15.8 Å². The molecule has 5 nitrogen and oxygen atoms in total. The first-order chi connectivity index (χ1) is 22.8. The molecule has 6 rings (SSSR count). The van der Waals surface area contributed by atoms with Crippen LogP contribution in [0.1, 0.15) is 57.6 Å². The van der Waals surface area contributed by atoms with Gasteiger partial charge in [-0.05, 0) is 78.1 Å². The molecule has 0 bridgehead atoms. The lowest BCUT2D eigenvalue weighted by Gasteiger charge is -2.38. The molecular weight excluding hydrogens is 581 g/mol. The molecule has 1 aromatic heterocycles. The van der Waals surface area contributed by atoms with Gasteiger partial charge in [0.05, 0.1) is 5.71 Å². The summed E-state index contributed by atoms with van der Waals surface area (Å²) in [6.45, 7) is 4.42. The lowest BCUT2D eigenvalue weighted by atomic mass is 9.76. The van der Waals surface area contributed by atoms with Gasteiger partial charge >= 0.3 is 0 Å². The van der Waals surface area contributed by atoms with E-state index in [0.717, 1.165) is 44.8 Å². The molecular formula is C41H38FN5. The summed E-state index contributed by atoms with van der Waals surface area (Å²) < 4.78 is 13.6. The SMILES string of the molecule is Cc1cc(C(=N)c2cc(CNC(C)c3ccc(F)cc3)c(N)cc2NC(c2ccccc2)(c2ccccc2)c2ccccc2)ccn1. The molecule has 5 aromatic carbocycles. The van der Waals surface area contributed by atoms with Gasteiger partial charge in [-0.3, -0.25) is 10.4 Å². The second-order valence-corrected chi connectivity index (χ2v) is 11.8. The fourth-order valence-electron chi connectivity index (χ4n) is 6.10. The lowest BCUT2D eigenvalue weighted by Crippen LogP contribution is -2.38. The van der Waals surface area contributed by atoms with Crippen LogP contribution in [0.25, 0.3) is 0 Å². The van der Waals surface area contributed by atoms with Crippen LogP contribution in [0.3, 0.4) is 0 Å². The zero-order valence-corrected chi connectivity index (χ0v) is 26.5. The van der Waals surface area contributed by atoms with Crippen molar-refractivity contribution < 1.29 is 4.39 Å². The van der Waals surface area contributed by atoms with E-state index in [4.69, 9.17) is 5.73 Å². The second-order valence-electron chi connectivity index (χ2n) is 11.8. The van der Waals surface area contributed by atoms with Crippen molar-refractivity contribution in [1.82, 2.24) is 10.3 Å². The van der Waals surface area contributed by atoms with E-state index in [9.17, 15) is 9.80 Å². The highest BCUT2D eigenvalue weighted by atomic mass is 19.1. The van der Waals surface area contributed by atoms with Gasteiger partial charge in [-0.2, -0.15) is 0 Å². The van der Waals surface area contributed by atoms with E-state index < -0.39 is 5.54 Å². The van der Waals surface area contributed by atoms with Crippen LogP contribution in [0.2, 0.25) is 0 Å². The molecule has 0 radical (unpaired) electrons. The molecule has 1 heterocycles. The van der Waals surface area contributed by atoms with E-state index in [1.165, 1.54) is 12.1 Å². The van der Waals surface area contributed by atoms with Crippen molar-refractivity contribution in [3.05, 3.63) is 196 Å². The normalized spacial score (nSPS) is 12.0. The molecule has 6 heteroatoms. The van der Waals surface area contributed by atoms with Crippen LogP contribution >= 0.6 is 0 Å². The number of halogens is 1. The standard InChI is InChI=1S/C41H38FN5/c1-28-24-31(22-23-45-28)40(44)37-25-32(27-46-29(2)30-18-20-36(42)21-19-30)38(43)26-39(37)47-41(33-12-6-3-7-13-33,34-14-8-4-9-15-34)35-16-10-5-11-17-35/h3-26,29,44,46-47H,27,43H2,1-2H3. The summed E-state index contributed by atoms with van der Waals surface area (Å²) in [5, 5.41) is 17.0. The molecule has 0 aliphatic carbocycles. The van der Waals surface area contributed by atoms with Gasteiger partial charge in [0.2, 0.25) is 0 Å². The van der Waals surface area contributed by atoms with Gasteiger partial charge in [0.15, 0.2) is 0 Å². The van der Waals surface area contributed by atoms with E-state index in [1.807, 2.05) is 92.7 Å². The van der Waals surface area contributed by atoms with Crippen molar-refractivity contribution in [3.63, 3.8) is 0 Å². The largest absolute Gasteiger partial charge is 0.398 e. The first-order valence-electron chi connectivity index (χ1n) is 15.7. The summed E-state index contributed by atoms with van der Waals surface area (Å²) >= 11 is 0. The molecule has 0 spiro atoms.